The predicted octanol–water partition coefficient (Wildman–Crippen LogP) is -0.886. The van der Waals surface area contributed by atoms with Gasteiger partial charge in [-0.05, 0) is 30.4 Å². The highest BCUT2D eigenvalue weighted by Gasteiger charge is 2.12. The molecule has 23 heavy (non-hydrogen) atoms. The molecule has 4 N–H and O–H groups in total. The fourth-order valence-electron chi connectivity index (χ4n) is 2.23. The Hall–Kier alpha value is -1.90. The van der Waals surface area contributed by atoms with Crippen molar-refractivity contribution >= 4 is 23.5 Å². The Labute approximate surface area is 141 Å². The van der Waals surface area contributed by atoms with Crippen LogP contribution in [0.4, 0.5) is 0 Å². The molecule has 1 saturated heterocycles. The number of hydrogen-bond acceptors (Lipinski definition) is 5. The van der Waals surface area contributed by atoms with Gasteiger partial charge < -0.3 is 24.8 Å². The number of hydrogen-bond donors (Lipinski definition) is 4. The molecule has 1 aromatic carbocycles. The van der Waals surface area contributed by atoms with Gasteiger partial charge >= 0.3 is 0 Å². The number of methoxy groups -OCH3 is 1. The van der Waals surface area contributed by atoms with Crippen molar-refractivity contribution < 1.29 is 19.5 Å². The van der Waals surface area contributed by atoms with Crippen molar-refractivity contribution in [2.24, 2.45) is 5.10 Å². The molecule has 0 aliphatic carbocycles. The third-order valence-corrected chi connectivity index (χ3v) is 3.80. The Kier molecular flexibility index (Phi) is 7.05. The Bertz CT molecular complexity index is 548. The van der Waals surface area contributed by atoms with E-state index in [1.807, 2.05) is 0 Å². The minimum atomic E-state index is 0.131. The number of morpholine rings is 1. The Morgan fingerprint density at radius 3 is 3.00 bits per heavy atom. The molecule has 0 atom stereocenters. The molecule has 0 bridgehead atoms. The van der Waals surface area contributed by atoms with E-state index in [4.69, 9.17) is 21.7 Å². The summed E-state index contributed by atoms with van der Waals surface area (Å²) in [7, 11) is 1.57. The topological polar surface area (TPSA) is 79.5 Å². The van der Waals surface area contributed by atoms with Gasteiger partial charge in [-0.2, -0.15) is 5.10 Å². The first kappa shape index (κ1) is 17.5. The zero-order valence-corrected chi connectivity index (χ0v) is 14.0. The number of thiocarbonyl (C=S) groups is 1. The lowest BCUT2D eigenvalue weighted by molar-refractivity contribution is -0.906. The van der Waals surface area contributed by atoms with Crippen molar-refractivity contribution in [1.29, 1.82) is 0 Å². The monoisotopic (exact) mass is 339 g/mol. The fraction of sp³-hybridized carbons (Fsp3) is 0.467. The number of phenols is 1. The zero-order chi connectivity index (χ0) is 16.5. The maximum Gasteiger partial charge on any atom is 0.187 e. The second kappa shape index (κ2) is 9.29. The van der Waals surface area contributed by atoms with Gasteiger partial charge in [0.25, 0.3) is 0 Å². The standard InChI is InChI=1S/C15H22N4O3S/c1-21-13-2-3-14(20)12(10-13)11-17-18-15(23)16-4-5-19-6-8-22-9-7-19/h2-3,10-11,20H,4-9H2,1H3,(H2,16,18,23)/p+1/b17-11+. The number of benzene rings is 1. The van der Waals surface area contributed by atoms with Crippen LogP contribution in [0, 0.1) is 0 Å². The van der Waals surface area contributed by atoms with Crippen LogP contribution in [-0.2, 0) is 4.74 Å². The molecular formula is C15H23N4O3S+. The molecule has 1 fully saturated rings. The highest BCUT2D eigenvalue weighted by Crippen LogP contribution is 2.20. The normalized spacial score (nSPS) is 15.5. The number of phenolic OH excluding ortho intramolecular Hbond substituents is 1. The molecule has 0 radical (unpaired) electrons. The van der Waals surface area contributed by atoms with Gasteiger partial charge in [-0.3, -0.25) is 5.43 Å². The summed E-state index contributed by atoms with van der Waals surface area (Å²) in [6.07, 6.45) is 1.50. The average Bonchev–Trinajstić information content (AvgIpc) is 2.57. The van der Waals surface area contributed by atoms with Crippen LogP contribution >= 0.6 is 12.2 Å². The summed E-state index contributed by atoms with van der Waals surface area (Å²) in [5.41, 5.74) is 3.29. The van der Waals surface area contributed by atoms with Crippen molar-refractivity contribution in [2.75, 3.05) is 46.5 Å². The number of hydrazone groups is 1. The Morgan fingerprint density at radius 2 is 2.26 bits per heavy atom. The third-order valence-electron chi connectivity index (χ3n) is 3.57. The van der Waals surface area contributed by atoms with Crippen molar-refractivity contribution in [3.63, 3.8) is 0 Å². The van der Waals surface area contributed by atoms with E-state index in [0.717, 1.165) is 39.4 Å². The summed E-state index contributed by atoms with van der Waals surface area (Å²) >= 11 is 5.16. The van der Waals surface area contributed by atoms with Crippen molar-refractivity contribution in [1.82, 2.24) is 10.7 Å². The summed E-state index contributed by atoms with van der Waals surface area (Å²) in [5, 5.41) is 17.3. The molecule has 0 aromatic heterocycles. The van der Waals surface area contributed by atoms with Gasteiger partial charge in [-0.25, -0.2) is 0 Å². The van der Waals surface area contributed by atoms with Gasteiger partial charge in [-0.15, -0.1) is 0 Å². The maximum absolute atomic E-state index is 9.75. The lowest BCUT2D eigenvalue weighted by Gasteiger charge is -2.23. The molecule has 7 nitrogen and oxygen atoms in total. The van der Waals surface area contributed by atoms with Crippen LogP contribution in [0.3, 0.4) is 0 Å². The molecule has 2 rings (SSSR count). The predicted molar refractivity (Wildman–Crippen MR) is 92.4 cm³/mol. The largest absolute Gasteiger partial charge is 0.507 e. The lowest BCUT2D eigenvalue weighted by atomic mass is 10.2. The van der Waals surface area contributed by atoms with E-state index in [-0.39, 0.29) is 5.75 Å². The fourth-order valence-corrected chi connectivity index (χ4v) is 2.38. The molecule has 126 valence electrons. The highest BCUT2D eigenvalue weighted by molar-refractivity contribution is 7.80. The minimum absolute atomic E-state index is 0.131. The molecule has 8 heteroatoms. The van der Waals surface area contributed by atoms with Crippen LogP contribution < -0.4 is 20.4 Å². The van der Waals surface area contributed by atoms with Gasteiger partial charge in [-0.1, -0.05) is 0 Å². The van der Waals surface area contributed by atoms with Crippen LogP contribution in [0.25, 0.3) is 0 Å². The van der Waals surface area contributed by atoms with Crippen LogP contribution in [0.1, 0.15) is 5.56 Å². The second-order valence-corrected chi connectivity index (χ2v) is 5.57. The van der Waals surface area contributed by atoms with E-state index in [1.165, 1.54) is 11.1 Å². The van der Waals surface area contributed by atoms with E-state index in [2.05, 4.69) is 15.8 Å². The highest BCUT2D eigenvalue weighted by atomic mass is 32.1. The number of rotatable bonds is 6. The summed E-state index contributed by atoms with van der Waals surface area (Å²) in [6.45, 7) is 5.50. The second-order valence-electron chi connectivity index (χ2n) is 5.16. The minimum Gasteiger partial charge on any atom is -0.507 e. The first-order valence-corrected chi connectivity index (χ1v) is 7.95. The van der Waals surface area contributed by atoms with Gasteiger partial charge in [0.05, 0.1) is 39.6 Å². The van der Waals surface area contributed by atoms with Crippen molar-refractivity contribution in [3.8, 4) is 11.5 Å². The van der Waals surface area contributed by atoms with Crippen LogP contribution in [-0.4, -0.2) is 62.9 Å². The molecular weight excluding hydrogens is 316 g/mol. The smallest absolute Gasteiger partial charge is 0.187 e. The first-order valence-electron chi connectivity index (χ1n) is 7.54. The summed E-state index contributed by atoms with van der Waals surface area (Å²) in [4.78, 5) is 1.51. The van der Waals surface area contributed by atoms with E-state index in [9.17, 15) is 5.11 Å². The van der Waals surface area contributed by atoms with Crippen LogP contribution in [0.15, 0.2) is 23.3 Å². The average molecular weight is 339 g/mol. The molecule has 1 aliphatic heterocycles. The van der Waals surface area contributed by atoms with Crippen molar-refractivity contribution in [2.45, 2.75) is 0 Å². The van der Waals surface area contributed by atoms with E-state index < -0.39 is 0 Å². The van der Waals surface area contributed by atoms with Crippen LogP contribution in [0.2, 0.25) is 0 Å². The number of aromatic hydroxyl groups is 1. The van der Waals surface area contributed by atoms with E-state index >= 15 is 0 Å². The Balaban J connectivity index is 1.71. The molecule has 1 aliphatic rings. The lowest BCUT2D eigenvalue weighted by Crippen LogP contribution is -3.14. The zero-order valence-electron chi connectivity index (χ0n) is 13.2. The molecule has 0 amide bonds. The third kappa shape index (κ3) is 6.01. The molecule has 0 spiro atoms. The Morgan fingerprint density at radius 1 is 1.48 bits per heavy atom. The van der Waals surface area contributed by atoms with Gasteiger partial charge in [0.15, 0.2) is 5.11 Å². The molecule has 1 aromatic rings. The van der Waals surface area contributed by atoms with Gasteiger partial charge in [0, 0.05) is 5.56 Å². The summed E-state index contributed by atoms with van der Waals surface area (Å²) < 4.78 is 10.4. The molecule has 0 saturated carbocycles. The molecule has 1 heterocycles. The van der Waals surface area contributed by atoms with Gasteiger partial charge in [0.2, 0.25) is 0 Å². The van der Waals surface area contributed by atoms with Crippen LogP contribution in [0.5, 0.6) is 11.5 Å². The summed E-state index contributed by atoms with van der Waals surface area (Å²) in [5.74, 6) is 0.782. The number of ether oxygens (including phenoxy) is 2. The van der Waals surface area contributed by atoms with E-state index in [0.29, 0.717) is 16.4 Å². The van der Waals surface area contributed by atoms with E-state index in [1.54, 1.807) is 25.3 Å². The van der Waals surface area contributed by atoms with Gasteiger partial charge in [0.1, 0.15) is 24.6 Å². The first-order chi connectivity index (χ1) is 11.2. The maximum atomic E-state index is 9.75. The number of nitrogens with zero attached hydrogens (tertiary/aromatic N) is 1. The summed E-state index contributed by atoms with van der Waals surface area (Å²) in [6, 6.07) is 4.93. The SMILES string of the molecule is COc1ccc(O)c(/C=N/NC(=S)NCC[NH+]2CCOCC2)c1. The number of quaternary nitrogens is 1. The number of nitrogens with one attached hydrogen (secondary N) is 3. The quantitative estimate of drug-likeness (QED) is 0.306. The molecule has 0 unspecified atom stereocenters. The van der Waals surface area contributed by atoms with Crippen molar-refractivity contribution in [3.05, 3.63) is 23.8 Å².